The molecule has 0 saturated heterocycles. The number of halogens is 2. The third-order valence-corrected chi connectivity index (χ3v) is 3.19. The van der Waals surface area contributed by atoms with Gasteiger partial charge in [0.2, 0.25) is 0 Å². The van der Waals surface area contributed by atoms with Gasteiger partial charge in [-0.1, -0.05) is 29.3 Å². The van der Waals surface area contributed by atoms with Gasteiger partial charge in [0, 0.05) is 31.1 Å². The number of benzene rings is 1. The minimum atomic E-state index is 0.483. The first-order chi connectivity index (χ1) is 8.16. The van der Waals surface area contributed by atoms with E-state index in [4.69, 9.17) is 28.6 Å². The van der Waals surface area contributed by atoms with E-state index in [9.17, 15) is 0 Å². The third-order valence-electron chi connectivity index (χ3n) is 2.45. The zero-order valence-corrected chi connectivity index (χ0v) is 10.5. The van der Waals surface area contributed by atoms with Gasteiger partial charge in [0.15, 0.2) is 0 Å². The predicted molar refractivity (Wildman–Crippen MR) is 70.1 cm³/mol. The van der Waals surface area contributed by atoms with Crippen molar-refractivity contribution < 1.29 is 0 Å². The van der Waals surface area contributed by atoms with E-state index in [1.807, 2.05) is 16.8 Å². The lowest BCUT2D eigenvalue weighted by Crippen LogP contribution is -2.04. The van der Waals surface area contributed by atoms with Crippen LogP contribution in [0.5, 0.6) is 0 Å². The minimum absolute atomic E-state index is 0.483. The molecule has 0 saturated carbocycles. The normalized spacial score (nSPS) is 10.5. The highest BCUT2D eigenvalue weighted by molar-refractivity contribution is 6.42. The molecule has 0 aliphatic rings. The summed E-state index contributed by atoms with van der Waals surface area (Å²) in [5.74, 6) is 0. The lowest BCUT2D eigenvalue weighted by molar-refractivity contribution is 0.723. The van der Waals surface area contributed by atoms with Gasteiger partial charge < -0.3 is 9.98 Å². The van der Waals surface area contributed by atoms with Crippen LogP contribution < -0.4 is 0 Å². The van der Waals surface area contributed by atoms with Crippen molar-refractivity contribution in [2.24, 2.45) is 0 Å². The SMILES string of the molecule is N=C(CCn1ccnc1)c1ccc(Cl)c(Cl)c1. The second-order valence-corrected chi connectivity index (χ2v) is 4.47. The molecule has 2 rings (SSSR count). The average Bonchev–Trinajstić information content (AvgIpc) is 2.82. The monoisotopic (exact) mass is 267 g/mol. The second kappa shape index (κ2) is 5.34. The van der Waals surface area contributed by atoms with Gasteiger partial charge in [0.05, 0.1) is 16.4 Å². The first-order valence-corrected chi connectivity index (χ1v) is 5.91. The van der Waals surface area contributed by atoms with Crippen LogP contribution in [0.3, 0.4) is 0 Å². The zero-order chi connectivity index (χ0) is 12.3. The van der Waals surface area contributed by atoms with Crippen molar-refractivity contribution in [2.45, 2.75) is 13.0 Å². The molecule has 1 aromatic carbocycles. The zero-order valence-electron chi connectivity index (χ0n) is 9.03. The molecule has 88 valence electrons. The molecule has 3 nitrogen and oxygen atoms in total. The van der Waals surface area contributed by atoms with Crippen LogP contribution >= 0.6 is 23.2 Å². The summed E-state index contributed by atoms with van der Waals surface area (Å²) in [5.41, 5.74) is 1.34. The Hall–Kier alpha value is -1.32. The molecule has 0 unspecified atom stereocenters. The van der Waals surface area contributed by atoms with Crippen LogP contribution in [-0.4, -0.2) is 15.3 Å². The molecule has 0 spiro atoms. The van der Waals surface area contributed by atoms with Crippen molar-refractivity contribution in [3.8, 4) is 0 Å². The second-order valence-electron chi connectivity index (χ2n) is 3.66. The van der Waals surface area contributed by atoms with Crippen molar-refractivity contribution in [1.29, 1.82) is 5.41 Å². The number of nitrogens with one attached hydrogen (secondary N) is 1. The van der Waals surface area contributed by atoms with E-state index in [0.717, 1.165) is 12.1 Å². The number of rotatable bonds is 4. The maximum absolute atomic E-state index is 7.96. The van der Waals surface area contributed by atoms with E-state index < -0.39 is 0 Å². The van der Waals surface area contributed by atoms with Crippen LogP contribution in [0.15, 0.2) is 36.9 Å². The first-order valence-electron chi connectivity index (χ1n) is 5.15. The van der Waals surface area contributed by atoms with Crippen LogP contribution in [-0.2, 0) is 6.54 Å². The van der Waals surface area contributed by atoms with Crippen molar-refractivity contribution >= 4 is 28.9 Å². The van der Waals surface area contributed by atoms with Gasteiger partial charge in [0.1, 0.15) is 0 Å². The molecule has 5 heteroatoms. The topological polar surface area (TPSA) is 41.7 Å². The molecule has 2 aromatic rings. The van der Waals surface area contributed by atoms with Gasteiger partial charge in [-0.15, -0.1) is 0 Å². The molecule has 1 heterocycles. The largest absolute Gasteiger partial charge is 0.337 e. The Morgan fingerprint density at radius 3 is 2.76 bits per heavy atom. The summed E-state index contributed by atoms with van der Waals surface area (Å²) in [4.78, 5) is 3.95. The fourth-order valence-corrected chi connectivity index (χ4v) is 1.79. The summed E-state index contributed by atoms with van der Waals surface area (Å²) < 4.78 is 1.94. The van der Waals surface area contributed by atoms with E-state index >= 15 is 0 Å². The lowest BCUT2D eigenvalue weighted by Gasteiger charge is -2.06. The molecule has 0 aliphatic heterocycles. The van der Waals surface area contributed by atoms with E-state index in [1.165, 1.54) is 0 Å². The fourth-order valence-electron chi connectivity index (χ4n) is 1.49. The summed E-state index contributed by atoms with van der Waals surface area (Å²) in [5, 5.41) is 8.96. The molecule has 0 bridgehead atoms. The van der Waals surface area contributed by atoms with E-state index in [1.54, 1.807) is 24.7 Å². The van der Waals surface area contributed by atoms with Gasteiger partial charge in [-0.3, -0.25) is 0 Å². The maximum Gasteiger partial charge on any atom is 0.0946 e. The molecule has 1 N–H and O–H groups in total. The quantitative estimate of drug-likeness (QED) is 0.845. The van der Waals surface area contributed by atoms with Gasteiger partial charge in [-0.2, -0.15) is 0 Å². The number of aromatic nitrogens is 2. The summed E-state index contributed by atoms with van der Waals surface area (Å²) in [7, 11) is 0. The number of imidazole rings is 1. The lowest BCUT2D eigenvalue weighted by atomic mass is 10.1. The molecule has 0 aliphatic carbocycles. The van der Waals surface area contributed by atoms with Crippen LogP contribution in [0.25, 0.3) is 0 Å². The smallest absolute Gasteiger partial charge is 0.0946 e. The molecule has 0 atom stereocenters. The molecule has 17 heavy (non-hydrogen) atoms. The van der Waals surface area contributed by atoms with Crippen molar-refractivity contribution in [2.75, 3.05) is 0 Å². The summed E-state index contributed by atoms with van der Waals surface area (Å²) in [6, 6.07) is 5.25. The van der Waals surface area contributed by atoms with Crippen LogP contribution in [0.4, 0.5) is 0 Å². The van der Waals surface area contributed by atoms with Crippen molar-refractivity contribution in [1.82, 2.24) is 9.55 Å². The highest BCUT2D eigenvalue weighted by atomic mass is 35.5. The molecule has 0 fully saturated rings. The number of aryl methyl sites for hydroxylation is 1. The standard InChI is InChI=1S/C12H11Cl2N3/c13-10-2-1-9(7-11(10)14)12(15)3-5-17-6-4-16-8-17/h1-2,4,6-8,15H,3,5H2. The Morgan fingerprint density at radius 2 is 2.12 bits per heavy atom. The Kier molecular flexibility index (Phi) is 3.82. The van der Waals surface area contributed by atoms with Crippen molar-refractivity contribution in [3.05, 3.63) is 52.5 Å². The highest BCUT2D eigenvalue weighted by Gasteiger charge is 2.05. The van der Waals surface area contributed by atoms with Gasteiger partial charge >= 0.3 is 0 Å². The molecular formula is C12H11Cl2N3. The van der Waals surface area contributed by atoms with E-state index in [2.05, 4.69) is 4.98 Å². The number of nitrogens with zero attached hydrogens (tertiary/aromatic N) is 2. The number of hydrogen-bond donors (Lipinski definition) is 1. The van der Waals surface area contributed by atoms with Gasteiger partial charge in [-0.25, -0.2) is 4.98 Å². The van der Waals surface area contributed by atoms with E-state index in [0.29, 0.717) is 22.2 Å². The number of hydrogen-bond acceptors (Lipinski definition) is 2. The molecule has 0 radical (unpaired) electrons. The highest BCUT2D eigenvalue weighted by Crippen LogP contribution is 2.23. The fraction of sp³-hybridized carbons (Fsp3) is 0.167. The Balaban J connectivity index is 2.02. The van der Waals surface area contributed by atoms with E-state index in [-0.39, 0.29) is 0 Å². The van der Waals surface area contributed by atoms with Gasteiger partial charge in [-0.05, 0) is 17.7 Å². The maximum atomic E-state index is 7.96. The van der Waals surface area contributed by atoms with Gasteiger partial charge in [0.25, 0.3) is 0 Å². The minimum Gasteiger partial charge on any atom is -0.337 e. The summed E-state index contributed by atoms with van der Waals surface area (Å²) >= 11 is 11.7. The third kappa shape index (κ3) is 3.08. The van der Waals surface area contributed by atoms with Crippen LogP contribution in [0, 0.1) is 5.41 Å². The summed E-state index contributed by atoms with van der Waals surface area (Å²) in [6.45, 7) is 0.735. The Labute approximate surface area is 110 Å². The molecular weight excluding hydrogens is 257 g/mol. The Morgan fingerprint density at radius 1 is 1.29 bits per heavy atom. The van der Waals surface area contributed by atoms with Crippen LogP contribution in [0.1, 0.15) is 12.0 Å². The first kappa shape index (κ1) is 12.1. The van der Waals surface area contributed by atoms with Crippen LogP contribution in [0.2, 0.25) is 10.0 Å². The predicted octanol–water partition coefficient (Wildman–Crippen LogP) is 3.65. The van der Waals surface area contributed by atoms with Crippen molar-refractivity contribution in [3.63, 3.8) is 0 Å². The molecule has 0 amide bonds. The summed E-state index contributed by atoms with van der Waals surface area (Å²) in [6.07, 6.45) is 5.97. The average molecular weight is 268 g/mol. The molecule has 1 aromatic heterocycles. The Bertz CT molecular complexity index is 521.